The van der Waals surface area contributed by atoms with Crippen LogP contribution in [0.4, 0.5) is 0 Å². The summed E-state index contributed by atoms with van der Waals surface area (Å²) in [5, 5.41) is 2.12. The number of carbonyl (C=O) groups excluding carboxylic acids is 1. The fourth-order valence-electron chi connectivity index (χ4n) is 2.51. The van der Waals surface area contributed by atoms with Crippen LogP contribution in [-0.2, 0) is 4.79 Å². The first-order chi connectivity index (χ1) is 7.59. The van der Waals surface area contributed by atoms with Gasteiger partial charge >= 0.3 is 0 Å². The first kappa shape index (κ1) is 10.0. The molecule has 2 heterocycles. The SMILES string of the molecule is CC(=O)C1CC1c1c(C)nc2scc(C)n12. The van der Waals surface area contributed by atoms with Crippen molar-refractivity contribution in [3.63, 3.8) is 0 Å². The molecule has 0 amide bonds. The second kappa shape index (κ2) is 3.17. The third-order valence-corrected chi connectivity index (χ3v) is 4.36. The zero-order valence-electron chi connectivity index (χ0n) is 9.65. The number of carbonyl (C=O) groups is 1. The first-order valence-corrected chi connectivity index (χ1v) is 6.41. The number of thiazole rings is 1. The van der Waals surface area contributed by atoms with Crippen LogP contribution in [0.3, 0.4) is 0 Å². The Hall–Kier alpha value is -1.16. The average Bonchev–Trinajstić information content (AvgIpc) is 2.83. The molecule has 4 heteroatoms. The van der Waals surface area contributed by atoms with E-state index in [1.54, 1.807) is 18.3 Å². The average molecular weight is 234 g/mol. The molecule has 1 aliphatic rings. The van der Waals surface area contributed by atoms with Crippen LogP contribution < -0.4 is 0 Å². The Morgan fingerprint density at radius 1 is 1.56 bits per heavy atom. The lowest BCUT2D eigenvalue weighted by Gasteiger charge is -2.01. The van der Waals surface area contributed by atoms with Crippen molar-refractivity contribution in [1.29, 1.82) is 0 Å². The predicted octanol–water partition coefficient (Wildman–Crippen LogP) is 2.71. The van der Waals surface area contributed by atoms with Crippen LogP contribution in [0.1, 0.15) is 36.3 Å². The van der Waals surface area contributed by atoms with Gasteiger partial charge in [-0.15, -0.1) is 11.3 Å². The van der Waals surface area contributed by atoms with Crippen molar-refractivity contribution in [3.05, 3.63) is 22.5 Å². The molecule has 2 aromatic heterocycles. The van der Waals surface area contributed by atoms with E-state index in [1.807, 2.05) is 6.92 Å². The Labute approximate surface area is 98.1 Å². The maximum atomic E-state index is 11.4. The normalized spacial score (nSPS) is 23.9. The highest BCUT2D eigenvalue weighted by Crippen LogP contribution is 2.49. The van der Waals surface area contributed by atoms with Gasteiger partial charge < -0.3 is 0 Å². The van der Waals surface area contributed by atoms with Gasteiger partial charge in [0.05, 0.1) is 11.4 Å². The lowest BCUT2D eigenvalue weighted by atomic mass is 10.1. The minimum absolute atomic E-state index is 0.234. The Bertz CT molecular complexity index is 581. The highest BCUT2D eigenvalue weighted by atomic mass is 32.1. The molecule has 1 fully saturated rings. The van der Waals surface area contributed by atoms with E-state index in [4.69, 9.17) is 0 Å². The molecule has 3 rings (SSSR count). The summed E-state index contributed by atoms with van der Waals surface area (Å²) in [6.07, 6.45) is 0.999. The van der Waals surface area contributed by atoms with Gasteiger partial charge in [0.1, 0.15) is 5.78 Å². The lowest BCUT2D eigenvalue weighted by Crippen LogP contribution is -1.99. The Balaban J connectivity index is 2.13. The molecule has 0 aliphatic heterocycles. The van der Waals surface area contributed by atoms with Crippen molar-refractivity contribution in [2.45, 2.75) is 33.1 Å². The van der Waals surface area contributed by atoms with Crippen LogP contribution in [-0.4, -0.2) is 15.2 Å². The Kier molecular flexibility index (Phi) is 1.98. The van der Waals surface area contributed by atoms with E-state index in [2.05, 4.69) is 21.7 Å². The summed E-state index contributed by atoms with van der Waals surface area (Å²) < 4.78 is 2.22. The van der Waals surface area contributed by atoms with Crippen LogP contribution in [0.25, 0.3) is 4.96 Å². The number of hydrogen-bond donors (Lipinski definition) is 0. The van der Waals surface area contributed by atoms with Gasteiger partial charge in [0, 0.05) is 22.9 Å². The summed E-state index contributed by atoms with van der Waals surface area (Å²) >= 11 is 1.67. The summed E-state index contributed by atoms with van der Waals surface area (Å²) in [6, 6.07) is 0. The highest BCUT2D eigenvalue weighted by Gasteiger charge is 2.44. The molecule has 1 saturated carbocycles. The zero-order chi connectivity index (χ0) is 11.4. The predicted molar refractivity (Wildman–Crippen MR) is 64.1 cm³/mol. The third kappa shape index (κ3) is 1.26. The number of hydrogen-bond acceptors (Lipinski definition) is 3. The second-order valence-electron chi connectivity index (χ2n) is 4.64. The molecule has 2 atom stereocenters. The van der Waals surface area contributed by atoms with Gasteiger partial charge in [0.2, 0.25) is 0 Å². The Morgan fingerprint density at radius 3 is 2.94 bits per heavy atom. The van der Waals surface area contributed by atoms with E-state index in [-0.39, 0.29) is 5.92 Å². The van der Waals surface area contributed by atoms with Gasteiger partial charge in [-0.1, -0.05) is 0 Å². The molecule has 1 aliphatic carbocycles. The quantitative estimate of drug-likeness (QED) is 0.800. The number of aromatic nitrogens is 2. The van der Waals surface area contributed by atoms with Crippen molar-refractivity contribution >= 4 is 22.1 Å². The number of fused-ring (bicyclic) bond motifs is 1. The fraction of sp³-hybridized carbons (Fsp3) is 0.500. The fourth-order valence-corrected chi connectivity index (χ4v) is 3.43. The van der Waals surface area contributed by atoms with Crippen LogP contribution in [0.15, 0.2) is 5.38 Å². The summed E-state index contributed by atoms with van der Waals surface area (Å²) in [5.41, 5.74) is 3.57. The molecular weight excluding hydrogens is 220 g/mol. The molecule has 16 heavy (non-hydrogen) atoms. The summed E-state index contributed by atoms with van der Waals surface area (Å²) in [6.45, 7) is 5.84. The van der Waals surface area contributed by atoms with Crippen LogP contribution in [0.5, 0.6) is 0 Å². The van der Waals surface area contributed by atoms with Crippen molar-refractivity contribution in [1.82, 2.24) is 9.38 Å². The highest BCUT2D eigenvalue weighted by molar-refractivity contribution is 7.15. The third-order valence-electron chi connectivity index (χ3n) is 3.42. The minimum Gasteiger partial charge on any atom is -0.300 e. The molecule has 0 radical (unpaired) electrons. The largest absolute Gasteiger partial charge is 0.300 e. The molecule has 0 saturated heterocycles. The van der Waals surface area contributed by atoms with Crippen molar-refractivity contribution < 1.29 is 4.79 Å². The molecule has 2 unspecified atom stereocenters. The molecule has 0 spiro atoms. The summed E-state index contributed by atoms with van der Waals surface area (Å²) in [7, 11) is 0. The molecule has 0 aromatic carbocycles. The van der Waals surface area contributed by atoms with Crippen LogP contribution >= 0.6 is 11.3 Å². The van der Waals surface area contributed by atoms with E-state index in [0.29, 0.717) is 11.7 Å². The molecular formula is C12H14N2OS. The smallest absolute Gasteiger partial charge is 0.194 e. The number of rotatable bonds is 2. The van der Waals surface area contributed by atoms with Crippen molar-refractivity contribution in [2.75, 3.05) is 0 Å². The maximum Gasteiger partial charge on any atom is 0.194 e. The first-order valence-electron chi connectivity index (χ1n) is 5.53. The van der Waals surface area contributed by atoms with Gasteiger partial charge in [0.25, 0.3) is 0 Å². The second-order valence-corrected chi connectivity index (χ2v) is 5.47. The topological polar surface area (TPSA) is 34.4 Å². The number of Topliss-reactive ketones (excluding diaryl/α,β-unsaturated/α-hetero) is 1. The van der Waals surface area contributed by atoms with E-state index < -0.39 is 0 Å². The number of ketones is 1. The number of imidazole rings is 1. The number of aryl methyl sites for hydroxylation is 2. The van der Waals surface area contributed by atoms with Crippen molar-refractivity contribution in [3.8, 4) is 0 Å². The van der Waals surface area contributed by atoms with Gasteiger partial charge in [-0.3, -0.25) is 9.20 Å². The lowest BCUT2D eigenvalue weighted by molar-refractivity contribution is -0.118. The van der Waals surface area contributed by atoms with Crippen LogP contribution in [0.2, 0.25) is 0 Å². The molecule has 84 valence electrons. The van der Waals surface area contributed by atoms with E-state index in [0.717, 1.165) is 17.1 Å². The Morgan fingerprint density at radius 2 is 2.31 bits per heavy atom. The van der Waals surface area contributed by atoms with E-state index >= 15 is 0 Å². The molecule has 3 nitrogen and oxygen atoms in total. The minimum atomic E-state index is 0.234. The van der Waals surface area contributed by atoms with Gasteiger partial charge in [-0.25, -0.2) is 4.98 Å². The standard InChI is InChI=1S/C12H14N2OS/c1-6-5-16-12-13-7(2)11(14(6)12)10-4-9(10)8(3)15/h5,9-10H,4H2,1-3H3. The van der Waals surface area contributed by atoms with Crippen LogP contribution in [0, 0.1) is 19.8 Å². The van der Waals surface area contributed by atoms with Crippen molar-refractivity contribution in [2.24, 2.45) is 5.92 Å². The van der Waals surface area contributed by atoms with E-state index in [1.165, 1.54) is 11.4 Å². The monoisotopic (exact) mass is 234 g/mol. The molecule has 2 aromatic rings. The molecule has 0 N–H and O–H groups in total. The maximum absolute atomic E-state index is 11.4. The van der Waals surface area contributed by atoms with E-state index in [9.17, 15) is 4.79 Å². The number of nitrogens with zero attached hydrogens (tertiary/aromatic N) is 2. The molecule has 0 bridgehead atoms. The summed E-state index contributed by atoms with van der Waals surface area (Å²) in [5.74, 6) is 0.950. The van der Waals surface area contributed by atoms with Gasteiger partial charge in [0.15, 0.2) is 4.96 Å². The van der Waals surface area contributed by atoms with Gasteiger partial charge in [-0.05, 0) is 27.2 Å². The zero-order valence-corrected chi connectivity index (χ0v) is 10.5. The van der Waals surface area contributed by atoms with Gasteiger partial charge in [-0.2, -0.15) is 0 Å². The summed E-state index contributed by atoms with van der Waals surface area (Å²) in [4.78, 5) is 17.0.